The van der Waals surface area contributed by atoms with Crippen molar-refractivity contribution in [3.05, 3.63) is 40.7 Å². The molecule has 138 valence electrons. The molecule has 1 atom stereocenters. The fourth-order valence-corrected chi connectivity index (χ4v) is 3.65. The number of amides is 1. The van der Waals surface area contributed by atoms with Crippen molar-refractivity contribution in [3.8, 4) is 0 Å². The van der Waals surface area contributed by atoms with Crippen LogP contribution in [-0.2, 0) is 18.4 Å². The second-order valence-corrected chi connectivity index (χ2v) is 8.20. The summed E-state index contributed by atoms with van der Waals surface area (Å²) >= 11 is 0. The molecule has 2 aliphatic rings. The van der Waals surface area contributed by atoms with Gasteiger partial charge < -0.3 is 10.2 Å². The Morgan fingerprint density at radius 1 is 1.35 bits per heavy atom. The SMILES string of the molecule is CC(C)(C)c1cc(C(=O)N2CCCC2c2ncc3c(n2)CCNC3)n[nH]1. The van der Waals surface area contributed by atoms with Crippen LogP contribution in [-0.4, -0.2) is 44.1 Å². The number of fused-ring (bicyclic) bond motifs is 1. The van der Waals surface area contributed by atoms with Crippen molar-refractivity contribution in [2.24, 2.45) is 0 Å². The van der Waals surface area contributed by atoms with E-state index in [9.17, 15) is 4.79 Å². The van der Waals surface area contributed by atoms with Crippen LogP contribution in [0.5, 0.6) is 0 Å². The number of nitrogens with zero attached hydrogens (tertiary/aromatic N) is 4. The van der Waals surface area contributed by atoms with Crippen molar-refractivity contribution in [2.45, 2.75) is 58.0 Å². The Balaban J connectivity index is 1.58. The second kappa shape index (κ2) is 6.46. The summed E-state index contributed by atoms with van der Waals surface area (Å²) in [6.07, 6.45) is 4.70. The van der Waals surface area contributed by atoms with Crippen molar-refractivity contribution in [1.82, 2.24) is 30.4 Å². The zero-order valence-electron chi connectivity index (χ0n) is 15.7. The maximum atomic E-state index is 13.0. The molecule has 0 aliphatic carbocycles. The molecule has 0 radical (unpaired) electrons. The van der Waals surface area contributed by atoms with E-state index in [1.54, 1.807) is 0 Å². The average Bonchev–Trinajstić information content (AvgIpc) is 3.30. The standard InChI is InChI=1S/C19H26N6O/c1-19(2,3)16-9-14(23-24-16)18(26)25-8-4-5-15(25)17-21-11-12-10-20-7-6-13(12)22-17/h9,11,15,20H,4-8,10H2,1-3H3,(H,23,24). The number of carbonyl (C=O) groups is 1. The van der Waals surface area contributed by atoms with Gasteiger partial charge in [-0.2, -0.15) is 5.10 Å². The van der Waals surface area contributed by atoms with Gasteiger partial charge in [0, 0.05) is 54.6 Å². The third-order valence-electron chi connectivity index (χ3n) is 5.24. The highest BCUT2D eigenvalue weighted by Gasteiger charge is 2.34. The van der Waals surface area contributed by atoms with E-state index >= 15 is 0 Å². The molecule has 0 aromatic carbocycles. The molecule has 1 fully saturated rings. The van der Waals surface area contributed by atoms with E-state index in [-0.39, 0.29) is 17.4 Å². The van der Waals surface area contributed by atoms with E-state index in [0.717, 1.165) is 61.7 Å². The smallest absolute Gasteiger partial charge is 0.274 e. The molecular weight excluding hydrogens is 328 g/mol. The van der Waals surface area contributed by atoms with Crippen LogP contribution in [0, 0.1) is 0 Å². The van der Waals surface area contributed by atoms with E-state index in [1.165, 1.54) is 0 Å². The predicted molar refractivity (Wildman–Crippen MR) is 97.7 cm³/mol. The molecule has 1 saturated heterocycles. The molecule has 2 aliphatic heterocycles. The van der Waals surface area contributed by atoms with Gasteiger partial charge in [0.1, 0.15) is 5.69 Å². The summed E-state index contributed by atoms with van der Waals surface area (Å²) in [5.74, 6) is 0.727. The van der Waals surface area contributed by atoms with Crippen molar-refractivity contribution in [1.29, 1.82) is 0 Å². The third-order valence-corrected chi connectivity index (χ3v) is 5.24. The second-order valence-electron chi connectivity index (χ2n) is 8.20. The lowest BCUT2D eigenvalue weighted by Gasteiger charge is -2.24. The lowest BCUT2D eigenvalue weighted by Crippen LogP contribution is -2.32. The zero-order chi connectivity index (χ0) is 18.3. The number of hydrogen-bond acceptors (Lipinski definition) is 5. The van der Waals surface area contributed by atoms with Gasteiger partial charge in [-0.25, -0.2) is 9.97 Å². The number of carbonyl (C=O) groups excluding carboxylic acids is 1. The van der Waals surface area contributed by atoms with Crippen LogP contribution in [0.2, 0.25) is 0 Å². The van der Waals surface area contributed by atoms with Gasteiger partial charge in [-0.1, -0.05) is 20.8 Å². The number of aromatic amines is 1. The van der Waals surface area contributed by atoms with Crippen molar-refractivity contribution in [2.75, 3.05) is 13.1 Å². The molecule has 2 aromatic rings. The highest BCUT2D eigenvalue weighted by molar-refractivity contribution is 5.92. The molecule has 2 aromatic heterocycles. The molecule has 0 spiro atoms. The van der Waals surface area contributed by atoms with Gasteiger partial charge in [0.2, 0.25) is 0 Å². The predicted octanol–water partition coefficient (Wildman–Crippen LogP) is 2.12. The van der Waals surface area contributed by atoms with Crippen molar-refractivity contribution >= 4 is 5.91 Å². The van der Waals surface area contributed by atoms with Crippen LogP contribution in [0.15, 0.2) is 12.3 Å². The van der Waals surface area contributed by atoms with Gasteiger partial charge in [-0.15, -0.1) is 0 Å². The summed E-state index contributed by atoms with van der Waals surface area (Å²) in [6.45, 7) is 8.80. The maximum Gasteiger partial charge on any atom is 0.274 e. The largest absolute Gasteiger partial charge is 0.327 e. The van der Waals surface area contributed by atoms with E-state index in [4.69, 9.17) is 4.98 Å². The Kier molecular flexibility index (Phi) is 4.26. The first-order valence-electron chi connectivity index (χ1n) is 9.36. The summed E-state index contributed by atoms with van der Waals surface area (Å²) in [7, 11) is 0. The van der Waals surface area contributed by atoms with Gasteiger partial charge >= 0.3 is 0 Å². The van der Waals surface area contributed by atoms with E-state index < -0.39 is 0 Å². The molecule has 2 N–H and O–H groups in total. The Morgan fingerprint density at radius 2 is 2.19 bits per heavy atom. The van der Waals surface area contributed by atoms with Crippen LogP contribution in [0.25, 0.3) is 0 Å². The summed E-state index contributed by atoms with van der Waals surface area (Å²) in [4.78, 5) is 24.3. The summed E-state index contributed by atoms with van der Waals surface area (Å²) < 4.78 is 0. The van der Waals surface area contributed by atoms with Gasteiger partial charge in [-0.3, -0.25) is 9.89 Å². The van der Waals surface area contributed by atoms with Crippen molar-refractivity contribution < 1.29 is 4.79 Å². The van der Waals surface area contributed by atoms with Gasteiger partial charge in [0.25, 0.3) is 5.91 Å². The van der Waals surface area contributed by atoms with E-state index in [1.807, 2.05) is 17.2 Å². The molecule has 7 nitrogen and oxygen atoms in total. The first-order valence-corrected chi connectivity index (χ1v) is 9.36. The number of hydrogen-bond donors (Lipinski definition) is 2. The lowest BCUT2D eigenvalue weighted by molar-refractivity contribution is 0.0723. The average molecular weight is 354 g/mol. The monoisotopic (exact) mass is 354 g/mol. The minimum absolute atomic E-state index is 0.0396. The number of nitrogens with one attached hydrogen (secondary N) is 2. The lowest BCUT2D eigenvalue weighted by atomic mass is 9.92. The first-order chi connectivity index (χ1) is 12.4. The highest BCUT2D eigenvalue weighted by atomic mass is 16.2. The highest BCUT2D eigenvalue weighted by Crippen LogP contribution is 2.32. The van der Waals surface area contributed by atoms with Gasteiger partial charge in [-0.05, 0) is 18.9 Å². The third kappa shape index (κ3) is 3.11. The molecule has 4 rings (SSSR count). The van der Waals surface area contributed by atoms with Crippen LogP contribution < -0.4 is 5.32 Å². The minimum Gasteiger partial charge on any atom is -0.327 e. The summed E-state index contributed by atoms with van der Waals surface area (Å²) in [5.41, 5.74) is 3.66. The Bertz CT molecular complexity index is 822. The number of H-pyrrole nitrogens is 1. The van der Waals surface area contributed by atoms with Crippen molar-refractivity contribution in [3.63, 3.8) is 0 Å². The molecule has 4 heterocycles. The molecule has 7 heteroatoms. The number of aromatic nitrogens is 4. The molecular formula is C19H26N6O. The fraction of sp³-hybridized carbons (Fsp3) is 0.579. The first kappa shape index (κ1) is 17.1. The van der Waals surface area contributed by atoms with Gasteiger partial charge in [0.15, 0.2) is 5.82 Å². The topological polar surface area (TPSA) is 86.8 Å². The van der Waals surface area contributed by atoms with Crippen LogP contribution in [0.3, 0.4) is 0 Å². The Morgan fingerprint density at radius 3 is 2.96 bits per heavy atom. The quantitative estimate of drug-likeness (QED) is 0.863. The summed E-state index contributed by atoms with van der Waals surface area (Å²) in [6, 6.07) is 1.81. The van der Waals surface area contributed by atoms with Crippen LogP contribution in [0.1, 0.15) is 72.9 Å². The Hall–Kier alpha value is -2.28. The number of likely N-dealkylation sites (tertiary alicyclic amines) is 1. The summed E-state index contributed by atoms with van der Waals surface area (Å²) in [5, 5.41) is 10.6. The molecule has 1 amide bonds. The van der Waals surface area contributed by atoms with Crippen LogP contribution in [0.4, 0.5) is 0 Å². The molecule has 26 heavy (non-hydrogen) atoms. The molecule has 0 saturated carbocycles. The normalized spacial score (nSPS) is 20.3. The fourth-order valence-electron chi connectivity index (χ4n) is 3.65. The number of rotatable bonds is 2. The van der Waals surface area contributed by atoms with E-state index in [2.05, 4.69) is 41.3 Å². The zero-order valence-corrected chi connectivity index (χ0v) is 15.7. The van der Waals surface area contributed by atoms with Gasteiger partial charge in [0.05, 0.1) is 6.04 Å². The molecule has 1 unspecified atom stereocenters. The minimum atomic E-state index is -0.0639. The van der Waals surface area contributed by atoms with Crippen LogP contribution >= 0.6 is 0 Å². The Labute approximate surface area is 153 Å². The van der Waals surface area contributed by atoms with E-state index in [0.29, 0.717) is 5.69 Å². The maximum absolute atomic E-state index is 13.0. The molecule has 0 bridgehead atoms.